The number of anilines is 2. The van der Waals surface area contributed by atoms with Crippen molar-refractivity contribution in [2.75, 3.05) is 17.2 Å². The summed E-state index contributed by atoms with van der Waals surface area (Å²) in [6.45, 7) is 0.330. The summed E-state index contributed by atoms with van der Waals surface area (Å²) in [5.41, 5.74) is 0.357. The van der Waals surface area contributed by atoms with Gasteiger partial charge in [-0.05, 0) is 42.4 Å². The molecule has 0 unspecified atom stereocenters. The van der Waals surface area contributed by atoms with Gasteiger partial charge in [-0.3, -0.25) is 14.9 Å². The van der Waals surface area contributed by atoms with E-state index in [0.717, 1.165) is 23.6 Å². The molecule has 0 saturated heterocycles. The highest BCUT2D eigenvalue weighted by molar-refractivity contribution is 7.18. The van der Waals surface area contributed by atoms with Crippen molar-refractivity contribution >= 4 is 50.7 Å². The molecule has 0 bridgehead atoms. The van der Waals surface area contributed by atoms with Crippen LogP contribution in [0, 0.1) is 15.9 Å². The highest BCUT2D eigenvalue weighted by Gasteiger charge is 2.13. The molecule has 0 aliphatic rings. The topological polar surface area (TPSA) is 126 Å². The van der Waals surface area contributed by atoms with Gasteiger partial charge in [0, 0.05) is 18.7 Å². The number of nitro groups is 1. The second-order valence-electron chi connectivity index (χ2n) is 5.28. The maximum Gasteiger partial charge on any atom is 0.345 e. The SMILES string of the molecule is O=C(CCCCNC(=O)Nc1ccc(F)c(Cl)c1)Nc1ncc([N+](=O)[O-])s1. The van der Waals surface area contributed by atoms with E-state index in [1.807, 2.05) is 0 Å². The number of thiazole rings is 1. The molecule has 1 aromatic carbocycles. The summed E-state index contributed by atoms with van der Waals surface area (Å²) in [6, 6.07) is 3.35. The van der Waals surface area contributed by atoms with Crippen LogP contribution in [-0.2, 0) is 4.79 Å². The number of nitrogens with zero attached hydrogens (tertiary/aromatic N) is 2. The first kappa shape index (κ1) is 20.5. The quantitative estimate of drug-likeness (QED) is 0.343. The van der Waals surface area contributed by atoms with Gasteiger partial charge in [0.2, 0.25) is 5.91 Å². The Hall–Kier alpha value is -2.79. The Morgan fingerprint density at radius 3 is 2.74 bits per heavy atom. The first-order valence-electron chi connectivity index (χ1n) is 7.75. The molecule has 0 fully saturated rings. The van der Waals surface area contributed by atoms with Crippen molar-refractivity contribution < 1.29 is 18.9 Å². The maximum absolute atomic E-state index is 13.0. The fourth-order valence-electron chi connectivity index (χ4n) is 1.95. The molecule has 27 heavy (non-hydrogen) atoms. The van der Waals surface area contributed by atoms with E-state index in [4.69, 9.17) is 11.6 Å². The molecular formula is C15H15ClFN5O4S. The lowest BCUT2D eigenvalue weighted by Gasteiger charge is -2.08. The fraction of sp³-hybridized carbons (Fsp3) is 0.267. The van der Waals surface area contributed by atoms with Crippen LogP contribution >= 0.6 is 22.9 Å². The van der Waals surface area contributed by atoms with E-state index in [1.165, 1.54) is 12.1 Å². The molecule has 0 aliphatic heterocycles. The highest BCUT2D eigenvalue weighted by Crippen LogP contribution is 2.25. The van der Waals surface area contributed by atoms with Crippen LogP contribution < -0.4 is 16.0 Å². The highest BCUT2D eigenvalue weighted by atomic mass is 35.5. The molecule has 0 aliphatic carbocycles. The average molecular weight is 416 g/mol. The van der Waals surface area contributed by atoms with Gasteiger partial charge in [-0.2, -0.15) is 0 Å². The number of amides is 3. The minimum atomic E-state index is -0.579. The Morgan fingerprint density at radius 1 is 1.30 bits per heavy atom. The molecule has 1 heterocycles. The minimum absolute atomic E-state index is 0.0932. The van der Waals surface area contributed by atoms with Crippen molar-refractivity contribution in [1.82, 2.24) is 10.3 Å². The largest absolute Gasteiger partial charge is 0.345 e. The Balaban J connectivity index is 1.61. The first-order chi connectivity index (χ1) is 12.8. The van der Waals surface area contributed by atoms with Crippen molar-refractivity contribution in [3.63, 3.8) is 0 Å². The molecule has 1 aromatic heterocycles. The van der Waals surface area contributed by atoms with Gasteiger partial charge in [-0.25, -0.2) is 14.2 Å². The lowest BCUT2D eigenvalue weighted by atomic mass is 10.2. The molecule has 12 heteroatoms. The number of carbonyl (C=O) groups excluding carboxylic acids is 2. The van der Waals surface area contributed by atoms with E-state index >= 15 is 0 Å². The fourth-order valence-corrected chi connectivity index (χ4v) is 2.78. The predicted molar refractivity (Wildman–Crippen MR) is 99.7 cm³/mol. The smallest absolute Gasteiger partial charge is 0.338 e. The number of carbonyl (C=O) groups is 2. The lowest BCUT2D eigenvalue weighted by Crippen LogP contribution is -2.29. The Bertz CT molecular complexity index is 847. The van der Waals surface area contributed by atoms with Crippen molar-refractivity contribution in [3.05, 3.63) is 45.4 Å². The summed E-state index contributed by atoms with van der Waals surface area (Å²) >= 11 is 6.41. The van der Waals surface area contributed by atoms with Gasteiger partial charge in [-0.15, -0.1) is 0 Å². The Kier molecular flexibility index (Phi) is 7.44. The average Bonchev–Trinajstić information content (AvgIpc) is 3.06. The number of hydrogen-bond acceptors (Lipinski definition) is 6. The summed E-state index contributed by atoms with van der Waals surface area (Å²) < 4.78 is 13.0. The Morgan fingerprint density at radius 2 is 2.07 bits per heavy atom. The van der Waals surface area contributed by atoms with Crippen LogP contribution in [-0.4, -0.2) is 28.4 Å². The number of benzene rings is 1. The third-order valence-electron chi connectivity index (χ3n) is 3.21. The monoisotopic (exact) mass is 415 g/mol. The second-order valence-corrected chi connectivity index (χ2v) is 6.69. The van der Waals surface area contributed by atoms with Crippen LogP contribution in [0.2, 0.25) is 5.02 Å². The summed E-state index contributed by atoms with van der Waals surface area (Å²) in [5, 5.41) is 18.1. The maximum atomic E-state index is 13.0. The number of urea groups is 1. The third kappa shape index (κ3) is 6.79. The summed E-state index contributed by atoms with van der Waals surface area (Å²) in [4.78, 5) is 37.1. The van der Waals surface area contributed by atoms with E-state index < -0.39 is 16.8 Å². The van der Waals surface area contributed by atoms with Gasteiger partial charge in [0.05, 0.1) is 9.95 Å². The second kappa shape index (κ2) is 9.78. The van der Waals surface area contributed by atoms with Crippen LogP contribution in [0.25, 0.3) is 0 Å². The van der Waals surface area contributed by atoms with Crippen LogP contribution in [0.4, 0.5) is 25.0 Å². The normalized spacial score (nSPS) is 10.3. The zero-order chi connectivity index (χ0) is 19.8. The predicted octanol–water partition coefficient (Wildman–Crippen LogP) is 3.77. The molecule has 0 spiro atoms. The zero-order valence-corrected chi connectivity index (χ0v) is 15.4. The number of rotatable bonds is 8. The van der Waals surface area contributed by atoms with Crippen molar-refractivity contribution in [2.45, 2.75) is 19.3 Å². The number of halogens is 2. The van der Waals surface area contributed by atoms with Gasteiger partial charge in [0.1, 0.15) is 12.0 Å². The van der Waals surface area contributed by atoms with Crippen LogP contribution in [0.15, 0.2) is 24.4 Å². The molecule has 0 atom stereocenters. The number of nitrogens with one attached hydrogen (secondary N) is 3. The van der Waals surface area contributed by atoms with Crippen molar-refractivity contribution in [2.24, 2.45) is 0 Å². The molecule has 9 nitrogen and oxygen atoms in total. The molecule has 3 N–H and O–H groups in total. The van der Waals surface area contributed by atoms with E-state index in [-0.39, 0.29) is 27.5 Å². The molecule has 0 radical (unpaired) electrons. The van der Waals surface area contributed by atoms with Gasteiger partial charge in [0.25, 0.3) is 0 Å². The van der Waals surface area contributed by atoms with Gasteiger partial charge in [0.15, 0.2) is 5.13 Å². The molecular weight excluding hydrogens is 401 g/mol. The first-order valence-corrected chi connectivity index (χ1v) is 8.94. The molecule has 3 amide bonds. The van der Waals surface area contributed by atoms with E-state index in [1.54, 1.807) is 0 Å². The summed E-state index contributed by atoms with van der Waals surface area (Å²) in [5.74, 6) is -0.891. The van der Waals surface area contributed by atoms with Crippen LogP contribution in [0.1, 0.15) is 19.3 Å². The standard InChI is InChI=1S/C15H15ClFN5O4S/c16-10-7-9(4-5-11(10)17)20-14(24)18-6-2-1-3-12(23)21-15-19-8-13(27-15)22(25)26/h4-5,7-8H,1-3,6H2,(H2,18,20,24)(H,19,21,23). The minimum Gasteiger partial charge on any atom is -0.338 e. The Labute approximate surface area is 162 Å². The number of hydrogen-bond donors (Lipinski definition) is 3. The lowest BCUT2D eigenvalue weighted by molar-refractivity contribution is -0.380. The van der Waals surface area contributed by atoms with Gasteiger partial charge < -0.3 is 16.0 Å². The molecule has 144 valence electrons. The molecule has 2 aromatic rings. The van der Waals surface area contributed by atoms with Gasteiger partial charge in [-0.1, -0.05) is 11.6 Å². The summed E-state index contributed by atoms with van der Waals surface area (Å²) in [7, 11) is 0. The zero-order valence-electron chi connectivity index (χ0n) is 13.8. The van der Waals surface area contributed by atoms with E-state index in [2.05, 4.69) is 20.9 Å². The van der Waals surface area contributed by atoms with E-state index in [0.29, 0.717) is 25.1 Å². The van der Waals surface area contributed by atoms with Crippen LogP contribution in [0.5, 0.6) is 0 Å². The number of unbranched alkanes of at least 4 members (excludes halogenated alkanes) is 1. The molecule has 2 rings (SSSR count). The number of aromatic nitrogens is 1. The van der Waals surface area contributed by atoms with Crippen molar-refractivity contribution in [1.29, 1.82) is 0 Å². The van der Waals surface area contributed by atoms with Crippen molar-refractivity contribution in [3.8, 4) is 0 Å². The molecule has 0 saturated carbocycles. The third-order valence-corrected chi connectivity index (χ3v) is 4.37. The van der Waals surface area contributed by atoms with Gasteiger partial charge >= 0.3 is 11.0 Å². The summed E-state index contributed by atoms with van der Waals surface area (Å²) in [6.07, 6.45) is 2.31. The van der Waals surface area contributed by atoms with Crippen LogP contribution in [0.3, 0.4) is 0 Å². The van der Waals surface area contributed by atoms with E-state index in [9.17, 15) is 24.1 Å².